The van der Waals surface area contributed by atoms with E-state index in [1.807, 2.05) is 13.0 Å². The molecule has 1 rings (SSSR count). The number of carbonyl (C=O) groups excluding carboxylic acids is 1. The Morgan fingerprint density at radius 1 is 1.38 bits per heavy atom. The molecule has 0 heterocycles. The van der Waals surface area contributed by atoms with E-state index in [0.717, 1.165) is 17.3 Å². The number of hydrogen-bond donors (Lipinski definition) is 2. The van der Waals surface area contributed by atoms with Gasteiger partial charge in [-0.1, -0.05) is 35.3 Å². The minimum absolute atomic E-state index is 0.132. The van der Waals surface area contributed by atoms with Crippen molar-refractivity contribution in [3.63, 3.8) is 0 Å². The number of aliphatic hydroxyl groups excluding tert-OH is 1. The molecule has 1 aromatic carbocycles. The Kier molecular flexibility index (Phi) is 7.18. The van der Waals surface area contributed by atoms with Crippen molar-refractivity contribution in [1.82, 2.24) is 5.32 Å². The van der Waals surface area contributed by atoms with Crippen LogP contribution in [0.2, 0.25) is 0 Å². The summed E-state index contributed by atoms with van der Waals surface area (Å²) < 4.78 is 6.57. The Morgan fingerprint density at radius 2 is 2.05 bits per heavy atom. The number of nitrogens with one attached hydrogen (secondary N) is 1. The summed E-state index contributed by atoms with van der Waals surface area (Å²) in [6.45, 7) is 7.44. The van der Waals surface area contributed by atoms with Gasteiger partial charge in [-0.2, -0.15) is 0 Å². The second-order valence-corrected chi connectivity index (χ2v) is 6.23. The Morgan fingerprint density at radius 3 is 2.62 bits per heavy atom. The van der Waals surface area contributed by atoms with E-state index in [1.165, 1.54) is 0 Å². The van der Waals surface area contributed by atoms with Crippen molar-refractivity contribution in [1.29, 1.82) is 0 Å². The Hall–Kier alpha value is -1.07. The smallest absolute Gasteiger partial charge is 0.260 e. The van der Waals surface area contributed by atoms with Gasteiger partial charge in [-0.05, 0) is 39.3 Å². The van der Waals surface area contributed by atoms with Gasteiger partial charge in [0, 0.05) is 16.1 Å². The van der Waals surface area contributed by atoms with E-state index in [2.05, 4.69) is 28.2 Å². The number of hydrogen-bond acceptors (Lipinski definition) is 3. The molecule has 0 aromatic heterocycles. The van der Waals surface area contributed by atoms with E-state index in [-0.39, 0.29) is 11.9 Å². The normalized spacial score (nSPS) is 15.1. The Bertz CT molecular complexity index is 477. The van der Waals surface area contributed by atoms with Crippen LogP contribution in [-0.4, -0.2) is 23.2 Å². The summed E-state index contributed by atoms with van der Waals surface area (Å²) in [7, 11) is 0. The van der Waals surface area contributed by atoms with Gasteiger partial charge >= 0.3 is 0 Å². The first-order valence-corrected chi connectivity index (χ1v) is 8.09. The lowest BCUT2D eigenvalue weighted by molar-refractivity contribution is -0.128. The molecule has 0 aliphatic carbocycles. The first-order valence-electron chi connectivity index (χ1n) is 7.29. The van der Waals surface area contributed by atoms with Gasteiger partial charge in [0.15, 0.2) is 6.10 Å². The molecular weight excluding hydrogens is 334 g/mol. The second kappa shape index (κ2) is 8.39. The molecule has 21 heavy (non-hydrogen) atoms. The van der Waals surface area contributed by atoms with Crippen LogP contribution in [-0.2, 0) is 4.79 Å². The van der Waals surface area contributed by atoms with Gasteiger partial charge < -0.3 is 15.2 Å². The first-order chi connectivity index (χ1) is 9.85. The highest BCUT2D eigenvalue weighted by Crippen LogP contribution is 2.29. The van der Waals surface area contributed by atoms with Crippen LogP contribution in [0.3, 0.4) is 0 Å². The van der Waals surface area contributed by atoms with Crippen LogP contribution in [0.1, 0.15) is 52.2 Å². The standard InChI is InChI=1S/C16H24BrNO3/c1-5-6-10(2)18-16(20)12(4)21-15-9-13(17)7-8-14(15)11(3)19/h7-12,19H,5-6H2,1-4H3,(H,18,20)/t10?,11-,12?/m1/s1. The Labute approximate surface area is 135 Å². The van der Waals surface area contributed by atoms with Gasteiger partial charge in [0.05, 0.1) is 6.10 Å². The van der Waals surface area contributed by atoms with Crippen molar-refractivity contribution in [3.8, 4) is 5.75 Å². The summed E-state index contributed by atoms with van der Waals surface area (Å²) >= 11 is 3.37. The lowest BCUT2D eigenvalue weighted by Gasteiger charge is -2.20. The Balaban J connectivity index is 2.76. The number of ether oxygens (including phenoxy) is 1. The van der Waals surface area contributed by atoms with Crippen molar-refractivity contribution in [2.75, 3.05) is 0 Å². The average Bonchev–Trinajstić information content (AvgIpc) is 2.38. The molecule has 0 aliphatic heterocycles. The van der Waals surface area contributed by atoms with Crippen LogP contribution in [0.5, 0.6) is 5.75 Å². The number of carbonyl (C=O) groups is 1. The fraction of sp³-hybridized carbons (Fsp3) is 0.562. The second-order valence-electron chi connectivity index (χ2n) is 5.32. The minimum atomic E-state index is -0.651. The lowest BCUT2D eigenvalue weighted by Crippen LogP contribution is -2.41. The monoisotopic (exact) mass is 357 g/mol. The van der Waals surface area contributed by atoms with Crippen molar-refractivity contribution < 1.29 is 14.6 Å². The molecule has 4 nitrogen and oxygen atoms in total. The largest absolute Gasteiger partial charge is 0.480 e. The maximum absolute atomic E-state index is 12.1. The molecule has 1 amide bonds. The molecule has 5 heteroatoms. The van der Waals surface area contributed by atoms with E-state index in [0.29, 0.717) is 11.3 Å². The van der Waals surface area contributed by atoms with Gasteiger partial charge in [0.1, 0.15) is 5.75 Å². The molecular formula is C16H24BrNO3. The molecule has 0 fully saturated rings. The quantitative estimate of drug-likeness (QED) is 0.783. The third-order valence-corrected chi connectivity index (χ3v) is 3.70. The van der Waals surface area contributed by atoms with Crippen LogP contribution in [0.15, 0.2) is 22.7 Å². The highest BCUT2D eigenvalue weighted by Gasteiger charge is 2.19. The molecule has 0 radical (unpaired) electrons. The van der Waals surface area contributed by atoms with Gasteiger partial charge in [-0.25, -0.2) is 0 Å². The van der Waals surface area contributed by atoms with Crippen LogP contribution >= 0.6 is 15.9 Å². The number of amides is 1. The molecule has 2 unspecified atom stereocenters. The average molecular weight is 358 g/mol. The van der Waals surface area contributed by atoms with E-state index in [9.17, 15) is 9.90 Å². The van der Waals surface area contributed by atoms with E-state index >= 15 is 0 Å². The van der Waals surface area contributed by atoms with Crippen LogP contribution in [0.4, 0.5) is 0 Å². The zero-order valence-electron chi connectivity index (χ0n) is 13.0. The summed E-state index contributed by atoms with van der Waals surface area (Å²) in [4.78, 5) is 12.1. The number of rotatable bonds is 7. The summed E-state index contributed by atoms with van der Waals surface area (Å²) in [5.41, 5.74) is 0.666. The van der Waals surface area contributed by atoms with Gasteiger partial charge in [-0.3, -0.25) is 4.79 Å². The van der Waals surface area contributed by atoms with E-state index < -0.39 is 12.2 Å². The lowest BCUT2D eigenvalue weighted by atomic mass is 10.1. The minimum Gasteiger partial charge on any atom is -0.480 e. The molecule has 2 N–H and O–H groups in total. The predicted octanol–water partition coefficient (Wildman–Crippen LogP) is 3.57. The number of aliphatic hydroxyl groups is 1. The van der Waals surface area contributed by atoms with Crippen LogP contribution in [0, 0.1) is 0 Å². The van der Waals surface area contributed by atoms with Crippen molar-refractivity contribution in [3.05, 3.63) is 28.2 Å². The summed E-state index contributed by atoms with van der Waals surface area (Å²) in [5.74, 6) is 0.373. The van der Waals surface area contributed by atoms with Gasteiger partial charge in [-0.15, -0.1) is 0 Å². The number of benzene rings is 1. The van der Waals surface area contributed by atoms with Crippen molar-refractivity contribution in [2.45, 2.75) is 58.8 Å². The van der Waals surface area contributed by atoms with E-state index in [4.69, 9.17) is 4.74 Å². The molecule has 118 valence electrons. The molecule has 0 bridgehead atoms. The topological polar surface area (TPSA) is 58.6 Å². The molecule has 0 saturated carbocycles. The molecule has 0 aliphatic rings. The summed E-state index contributed by atoms with van der Waals surface area (Å²) in [6.07, 6.45) is 0.696. The third kappa shape index (κ3) is 5.67. The van der Waals surface area contributed by atoms with E-state index in [1.54, 1.807) is 26.0 Å². The summed E-state index contributed by atoms with van der Waals surface area (Å²) in [6, 6.07) is 5.52. The first kappa shape index (κ1) is 18.0. The van der Waals surface area contributed by atoms with Crippen LogP contribution in [0.25, 0.3) is 0 Å². The molecule has 3 atom stereocenters. The van der Waals surface area contributed by atoms with Crippen molar-refractivity contribution >= 4 is 21.8 Å². The number of halogens is 1. The summed E-state index contributed by atoms with van der Waals surface area (Å²) in [5, 5.41) is 12.7. The maximum Gasteiger partial charge on any atom is 0.260 e. The molecule has 0 saturated heterocycles. The van der Waals surface area contributed by atoms with Gasteiger partial charge in [0.2, 0.25) is 0 Å². The zero-order chi connectivity index (χ0) is 16.0. The van der Waals surface area contributed by atoms with Crippen molar-refractivity contribution in [2.24, 2.45) is 0 Å². The highest BCUT2D eigenvalue weighted by atomic mass is 79.9. The third-order valence-electron chi connectivity index (χ3n) is 3.21. The fourth-order valence-corrected chi connectivity index (χ4v) is 2.40. The highest BCUT2D eigenvalue weighted by molar-refractivity contribution is 9.10. The molecule has 1 aromatic rings. The molecule has 0 spiro atoms. The zero-order valence-corrected chi connectivity index (χ0v) is 14.6. The fourth-order valence-electron chi connectivity index (χ4n) is 2.06. The SMILES string of the molecule is CCCC(C)NC(=O)C(C)Oc1cc(Br)ccc1[C@@H](C)O. The van der Waals surface area contributed by atoms with Gasteiger partial charge in [0.25, 0.3) is 5.91 Å². The predicted molar refractivity (Wildman–Crippen MR) is 87.4 cm³/mol. The van der Waals surface area contributed by atoms with Crippen LogP contribution < -0.4 is 10.1 Å². The maximum atomic E-state index is 12.1.